The highest BCUT2D eigenvalue weighted by atomic mass is 19.2. The smallest absolute Gasteiger partial charge is 0.336 e. The predicted molar refractivity (Wildman–Crippen MR) is 64.5 cm³/mol. The molecule has 8 heteroatoms. The number of nitrogens with zero attached hydrogens (tertiary/aromatic N) is 2. The van der Waals surface area contributed by atoms with Gasteiger partial charge in [-0.15, -0.1) is 0 Å². The molecule has 2 N–H and O–H groups in total. The lowest BCUT2D eigenvalue weighted by Gasteiger charge is -2.06. The van der Waals surface area contributed by atoms with Crippen LogP contribution in [0.1, 0.15) is 20.7 Å². The van der Waals surface area contributed by atoms with Crippen LogP contribution in [0.15, 0.2) is 24.4 Å². The summed E-state index contributed by atoms with van der Waals surface area (Å²) in [6, 6.07) is 2.47. The fourth-order valence-electron chi connectivity index (χ4n) is 1.58. The Balaban J connectivity index is 2.38. The summed E-state index contributed by atoms with van der Waals surface area (Å²) in [7, 11) is 1.62. The monoisotopic (exact) mass is 281 g/mol. The van der Waals surface area contributed by atoms with Crippen molar-refractivity contribution in [2.24, 2.45) is 7.05 Å². The number of amides is 1. The van der Waals surface area contributed by atoms with E-state index in [9.17, 15) is 18.4 Å². The molecule has 0 aliphatic carbocycles. The number of carboxylic acid groups (broad SMARTS) is 1. The molecular weight excluding hydrogens is 272 g/mol. The summed E-state index contributed by atoms with van der Waals surface area (Å²) in [5.74, 6) is -4.90. The first-order valence-corrected chi connectivity index (χ1v) is 5.42. The van der Waals surface area contributed by atoms with Crippen molar-refractivity contribution in [3.8, 4) is 0 Å². The number of carboxylic acids is 1. The summed E-state index contributed by atoms with van der Waals surface area (Å²) in [4.78, 5) is 22.9. The van der Waals surface area contributed by atoms with Crippen LogP contribution in [0, 0.1) is 11.6 Å². The Labute approximate surface area is 111 Å². The standard InChI is InChI=1S/C12H9F2N3O3/c1-17-3-2-10(16-17)15-11(18)6-4-8(13)9(14)5-7(6)12(19)20/h2-5H,1H3,(H,19,20)(H,15,16,18). The van der Waals surface area contributed by atoms with Crippen molar-refractivity contribution in [2.75, 3.05) is 5.32 Å². The summed E-state index contributed by atoms with van der Waals surface area (Å²) in [6.45, 7) is 0. The summed E-state index contributed by atoms with van der Waals surface area (Å²) in [5, 5.41) is 15.1. The molecule has 0 unspecified atom stereocenters. The Morgan fingerprint density at radius 2 is 1.85 bits per heavy atom. The van der Waals surface area contributed by atoms with E-state index in [0.717, 1.165) is 0 Å². The molecule has 0 spiro atoms. The first-order chi connectivity index (χ1) is 9.38. The number of anilines is 1. The fraction of sp³-hybridized carbons (Fsp3) is 0.0833. The molecule has 2 aromatic rings. The second kappa shape index (κ2) is 5.08. The molecule has 0 saturated carbocycles. The molecule has 1 amide bonds. The molecule has 0 atom stereocenters. The fourth-order valence-corrected chi connectivity index (χ4v) is 1.58. The van der Waals surface area contributed by atoms with Crippen LogP contribution in [0.3, 0.4) is 0 Å². The predicted octanol–water partition coefficient (Wildman–Crippen LogP) is 1.65. The maximum atomic E-state index is 13.2. The van der Waals surface area contributed by atoms with Gasteiger partial charge in [-0.2, -0.15) is 5.10 Å². The molecule has 0 aliphatic heterocycles. The number of aromatic carboxylic acids is 1. The van der Waals surface area contributed by atoms with Crippen molar-refractivity contribution in [1.82, 2.24) is 9.78 Å². The van der Waals surface area contributed by atoms with Crippen molar-refractivity contribution in [2.45, 2.75) is 0 Å². The van der Waals surface area contributed by atoms with Crippen LogP contribution in [0.5, 0.6) is 0 Å². The minimum absolute atomic E-state index is 0.165. The molecule has 6 nitrogen and oxygen atoms in total. The number of halogens is 2. The van der Waals surface area contributed by atoms with E-state index in [1.165, 1.54) is 10.7 Å². The van der Waals surface area contributed by atoms with E-state index in [2.05, 4.69) is 10.4 Å². The van der Waals surface area contributed by atoms with Crippen molar-refractivity contribution >= 4 is 17.7 Å². The van der Waals surface area contributed by atoms with Gasteiger partial charge in [0.1, 0.15) is 0 Å². The van der Waals surface area contributed by atoms with Crippen LogP contribution in [-0.4, -0.2) is 26.8 Å². The number of hydrogen-bond donors (Lipinski definition) is 2. The van der Waals surface area contributed by atoms with Crippen molar-refractivity contribution in [3.63, 3.8) is 0 Å². The largest absolute Gasteiger partial charge is 0.478 e. The van der Waals surface area contributed by atoms with Gasteiger partial charge in [-0.25, -0.2) is 13.6 Å². The average Bonchev–Trinajstić information content (AvgIpc) is 2.77. The summed E-state index contributed by atoms with van der Waals surface area (Å²) in [5.41, 5.74) is -1.11. The van der Waals surface area contributed by atoms with Gasteiger partial charge in [0.2, 0.25) is 0 Å². The number of aromatic nitrogens is 2. The van der Waals surface area contributed by atoms with Gasteiger partial charge in [-0.1, -0.05) is 0 Å². The molecule has 0 fully saturated rings. The van der Waals surface area contributed by atoms with E-state index in [0.29, 0.717) is 12.1 Å². The Morgan fingerprint density at radius 1 is 1.25 bits per heavy atom. The third-order valence-electron chi connectivity index (χ3n) is 2.49. The Hall–Kier alpha value is -2.77. The molecule has 0 bridgehead atoms. The highest BCUT2D eigenvalue weighted by Gasteiger charge is 2.21. The molecule has 0 radical (unpaired) electrons. The van der Waals surface area contributed by atoms with Gasteiger partial charge >= 0.3 is 5.97 Å². The first-order valence-electron chi connectivity index (χ1n) is 5.42. The Bertz CT molecular complexity index is 697. The topological polar surface area (TPSA) is 84.2 Å². The SMILES string of the molecule is Cn1ccc(NC(=O)c2cc(F)c(F)cc2C(=O)O)n1. The van der Waals surface area contributed by atoms with Crippen molar-refractivity contribution < 1.29 is 23.5 Å². The maximum Gasteiger partial charge on any atom is 0.336 e. The van der Waals surface area contributed by atoms with Gasteiger partial charge < -0.3 is 10.4 Å². The van der Waals surface area contributed by atoms with E-state index >= 15 is 0 Å². The zero-order chi connectivity index (χ0) is 14.9. The average molecular weight is 281 g/mol. The van der Waals surface area contributed by atoms with Crippen LogP contribution >= 0.6 is 0 Å². The molecule has 1 aromatic heterocycles. The second-order valence-corrected chi connectivity index (χ2v) is 3.95. The van der Waals surface area contributed by atoms with Gasteiger partial charge in [-0.05, 0) is 12.1 Å². The lowest BCUT2D eigenvalue weighted by Crippen LogP contribution is -2.18. The summed E-state index contributed by atoms with van der Waals surface area (Å²) >= 11 is 0. The lowest BCUT2D eigenvalue weighted by atomic mass is 10.1. The number of hydrogen-bond acceptors (Lipinski definition) is 3. The van der Waals surface area contributed by atoms with E-state index in [1.54, 1.807) is 13.2 Å². The van der Waals surface area contributed by atoms with Gasteiger partial charge in [-0.3, -0.25) is 9.48 Å². The molecule has 104 valence electrons. The number of rotatable bonds is 3. The van der Waals surface area contributed by atoms with Crippen molar-refractivity contribution in [1.29, 1.82) is 0 Å². The van der Waals surface area contributed by atoms with Crippen LogP contribution in [0.2, 0.25) is 0 Å². The zero-order valence-corrected chi connectivity index (χ0v) is 10.2. The normalized spacial score (nSPS) is 10.3. The number of carbonyl (C=O) groups is 2. The van der Waals surface area contributed by atoms with Crippen LogP contribution in [0.4, 0.5) is 14.6 Å². The lowest BCUT2D eigenvalue weighted by molar-refractivity contribution is 0.0691. The number of benzene rings is 1. The molecule has 2 rings (SSSR count). The zero-order valence-electron chi connectivity index (χ0n) is 10.2. The van der Waals surface area contributed by atoms with Gasteiger partial charge in [0, 0.05) is 19.3 Å². The molecule has 0 saturated heterocycles. The molecule has 20 heavy (non-hydrogen) atoms. The van der Waals surface area contributed by atoms with Crippen LogP contribution < -0.4 is 5.32 Å². The van der Waals surface area contributed by atoms with Gasteiger partial charge in [0.25, 0.3) is 5.91 Å². The van der Waals surface area contributed by atoms with Crippen LogP contribution in [0.25, 0.3) is 0 Å². The molecule has 1 heterocycles. The molecule has 1 aromatic carbocycles. The van der Waals surface area contributed by atoms with E-state index < -0.39 is 34.6 Å². The Morgan fingerprint density at radius 3 is 2.35 bits per heavy atom. The minimum atomic E-state index is -1.53. The second-order valence-electron chi connectivity index (χ2n) is 3.95. The van der Waals surface area contributed by atoms with E-state index in [4.69, 9.17) is 5.11 Å². The van der Waals surface area contributed by atoms with Crippen molar-refractivity contribution in [3.05, 3.63) is 47.2 Å². The number of carbonyl (C=O) groups excluding carboxylic acids is 1. The number of aryl methyl sites for hydroxylation is 1. The third kappa shape index (κ3) is 2.63. The minimum Gasteiger partial charge on any atom is -0.478 e. The molecule has 0 aliphatic rings. The summed E-state index contributed by atoms with van der Waals surface area (Å²) in [6.07, 6.45) is 1.55. The van der Waals surface area contributed by atoms with Crippen LogP contribution in [-0.2, 0) is 7.05 Å². The van der Waals surface area contributed by atoms with E-state index in [-0.39, 0.29) is 5.82 Å². The maximum absolute atomic E-state index is 13.2. The third-order valence-corrected chi connectivity index (χ3v) is 2.49. The number of nitrogens with one attached hydrogen (secondary N) is 1. The van der Waals surface area contributed by atoms with E-state index in [1.807, 2.05) is 0 Å². The first kappa shape index (κ1) is 13.7. The Kier molecular flexibility index (Phi) is 3.47. The highest BCUT2D eigenvalue weighted by Crippen LogP contribution is 2.17. The van der Waals surface area contributed by atoms with Gasteiger partial charge in [0.15, 0.2) is 17.5 Å². The summed E-state index contributed by atoms with van der Waals surface area (Å²) < 4.78 is 27.6. The quantitative estimate of drug-likeness (QED) is 0.896. The highest BCUT2D eigenvalue weighted by molar-refractivity contribution is 6.10. The van der Waals surface area contributed by atoms with Gasteiger partial charge in [0.05, 0.1) is 11.1 Å². The molecular formula is C12H9F2N3O3.